The fraction of sp³-hybridized carbons (Fsp3) is 0.350. The number of nitrogens with zero attached hydrogens (tertiary/aromatic N) is 2. The van der Waals surface area contributed by atoms with E-state index < -0.39 is 9.84 Å². The molecule has 0 aliphatic carbocycles. The summed E-state index contributed by atoms with van der Waals surface area (Å²) >= 11 is 0. The quantitative estimate of drug-likeness (QED) is 0.599. The Balaban J connectivity index is 2.05. The van der Waals surface area contributed by atoms with E-state index in [-0.39, 0.29) is 11.8 Å². The molecule has 0 spiro atoms. The fourth-order valence-electron chi connectivity index (χ4n) is 2.71. The molecule has 0 aliphatic heterocycles. The van der Waals surface area contributed by atoms with Crippen LogP contribution in [0, 0.1) is 0 Å². The zero-order valence-corrected chi connectivity index (χ0v) is 16.4. The molecule has 0 amide bonds. The summed E-state index contributed by atoms with van der Waals surface area (Å²) < 4.78 is 25.3. The molecule has 140 valence electrons. The third-order valence-electron chi connectivity index (χ3n) is 4.18. The van der Waals surface area contributed by atoms with E-state index in [1.165, 1.54) is 5.56 Å². The Labute approximate surface area is 156 Å². The van der Waals surface area contributed by atoms with Crippen LogP contribution in [0.4, 0.5) is 0 Å². The lowest BCUT2D eigenvalue weighted by Gasteiger charge is -2.26. The van der Waals surface area contributed by atoms with Crippen molar-refractivity contribution in [2.24, 2.45) is 4.99 Å². The van der Waals surface area contributed by atoms with Crippen LogP contribution in [0.1, 0.15) is 18.9 Å². The van der Waals surface area contributed by atoms with E-state index in [9.17, 15) is 8.42 Å². The lowest BCUT2D eigenvalue weighted by atomic mass is 10.2. The predicted molar refractivity (Wildman–Crippen MR) is 107 cm³/mol. The number of benzene rings is 2. The molecule has 2 aromatic rings. The van der Waals surface area contributed by atoms with Crippen LogP contribution in [0.5, 0.6) is 0 Å². The maximum atomic E-state index is 12.6. The Kier molecular flexibility index (Phi) is 7.21. The highest BCUT2D eigenvalue weighted by molar-refractivity contribution is 7.91. The van der Waals surface area contributed by atoms with Gasteiger partial charge in [0.2, 0.25) is 0 Å². The highest BCUT2D eigenvalue weighted by Crippen LogP contribution is 2.13. The van der Waals surface area contributed by atoms with Gasteiger partial charge >= 0.3 is 0 Å². The molecule has 2 aromatic carbocycles. The second-order valence-electron chi connectivity index (χ2n) is 6.23. The normalized spacial score (nSPS) is 13.3. The molecule has 1 atom stereocenters. The molecule has 0 aromatic heterocycles. The van der Waals surface area contributed by atoms with E-state index in [4.69, 9.17) is 0 Å². The van der Waals surface area contributed by atoms with Gasteiger partial charge in [-0.1, -0.05) is 55.5 Å². The molecule has 0 bridgehead atoms. The van der Waals surface area contributed by atoms with Gasteiger partial charge in [-0.3, -0.25) is 4.99 Å². The molecule has 0 saturated heterocycles. The first-order valence-corrected chi connectivity index (χ1v) is 10.4. The lowest BCUT2D eigenvalue weighted by molar-refractivity contribution is 0.460. The zero-order chi connectivity index (χ0) is 19.0. The first kappa shape index (κ1) is 20.0. The van der Waals surface area contributed by atoms with Gasteiger partial charge in [0.15, 0.2) is 15.8 Å². The molecule has 1 unspecified atom stereocenters. The van der Waals surface area contributed by atoms with Gasteiger partial charge in [0.25, 0.3) is 0 Å². The predicted octanol–water partition coefficient (Wildman–Crippen LogP) is 2.95. The first-order valence-electron chi connectivity index (χ1n) is 8.72. The van der Waals surface area contributed by atoms with E-state index >= 15 is 0 Å². The number of rotatable bonds is 7. The summed E-state index contributed by atoms with van der Waals surface area (Å²) in [4.78, 5) is 6.66. The van der Waals surface area contributed by atoms with E-state index in [1.54, 1.807) is 31.3 Å². The molecular formula is C20H27N3O2S. The number of hydrogen-bond acceptors (Lipinski definition) is 3. The van der Waals surface area contributed by atoms with Gasteiger partial charge in [0.1, 0.15) is 0 Å². The monoisotopic (exact) mass is 373 g/mol. The van der Waals surface area contributed by atoms with Gasteiger partial charge in [-0.25, -0.2) is 8.42 Å². The second kappa shape index (κ2) is 9.38. The van der Waals surface area contributed by atoms with Crippen LogP contribution in [0.2, 0.25) is 0 Å². The highest BCUT2D eigenvalue weighted by Gasteiger charge is 2.21. The SMILES string of the molecule is CCC(CS(=O)(=O)c1ccccc1)NC(=NC)N(C)Cc1ccccc1. The molecule has 6 heteroatoms. The smallest absolute Gasteiger partial charge is 0.193 e. The highest BCUT2D eigenvalue weighted by atomic mass is 32.2. The summed E-state index contributed by atoms with van der Waals surface area (Å²) in [6.45, 7) is 2.67. The number of guanidine groups is 1. The maximum absolute atomic E-state index is 12.6. The van der Waals surface area contributed by atoms with E-state index in [2.05, 4.69) is 22.4 Å². The summed E-state index contributed by atoms with van der Waals surface area (Å²) in [7, 11) is 0.310. The Bertz CT molecular complexity index is 805. The van der Waals surface area contributed by atoms with Crippen molar-refractivity contribution in [2.45, 2.75) is 30.8 Å². The van der Waals surface area contributed by atoms with Crippen molar-refractivity contribution in [3.63, 3.8) is 0 Å². The summed E-state index contributed by atoms with van der Waals surface area (Å²) in [5, 5.41) is 3.30. The van der Waals surface area contributed by atoms with Gasteiger partial charge in [-0.2, -0.15) is 0 Å². The minimum absolute atomic E-state index is 0.0334. The van der Waals surface area contributed by atoms with Gasteiger partial charge in [0, 0.05) is 26.7 Å². The second-order valence-corrected chi connectivity index (χ2v) is 8.27. The third kappa shape index (κ3) is 5.59. The van der Waals surface area contributed by atoms with Crippen LogP contribution in [-0.2, 0) is 16.4 Å². The molecule has 26 heavy (non-hydrogen) atoms. The van der Waals surface area contributed by atoms with Crippen molar-refractivity contribution in [1.82, 2.24) is 10.2 Å². The molecule has 1 N–H and O–H groups in total. The molecule has 5 nitrogen and oxygen atoms in total. The molecule has 0 saturated carbocycles. The lowest BCUT2D eigenvalue weighted by Crippen LogP contribution is -2.46. The van der Waals surface area contributed by atoms with Crippen molar-refractivity contribution < 1.29 is 8.42 Å². The average Bonchev–Trinajstić information content (AvgIpc) is 2.66. The number of nitrogens with one attached hydrogen (secondary N) is 1. The Morgan fingerprint density at radius 1 is 1.08 bits per heavy atom. The Morgan fingerprint density at radius 3 is 2.19 bits per heavy atom. The minimum atomic E-state index is -3.35. The van der Waals surface area contributed by atoms with E-state index in [0.717, 1.165) is 0 Å². The van der Waals surface area contributed by atoms with E-state index in [1.807, 2.05) is 43.1 Å². The molecule has 0 fully saturated rings. The summed E-state index contributed by atoms with van der Waals surface area (Å²) in [6, 6.07) is 18.5. The number of aliphatic imine (C=N–C) groups is 1. The van der Waals surface area contributed by atoms with Crippen LogP contribution >= 0.6 is 0 Å². The van der Waals surface area contributed by atoms with Gasteiger partial charge in [-0.05, 0) is 24.1 Å². The molecule has 0 heterocycles. The molecule has 2 rings (SSSR count). The third-order valence-corrected chi connectivity index (χ3v) is 6.02. The van der Waals surface area contributed by atoms with Crippen molar-refractivity contribution in [2.75, 3.05) is 19.8 Å². The van der Waals surface area contributed by atoms with Crippen molar-refractivity contribution in [3.8, 4) is 0 Å². The zero-order valence-electron chi connectivity index (χ0n) is 15.6. The van der Waals surface area contributed by atoms with Crippen LogP contribution in [0.25, 0.3) is 0 Å². The summed E-state index contributed by atoms with van der Waals surface area (Å²) in [6.07, 6.45) is 0.685. The minimum Gasteiger partial charge on any atom is -0.352 e. The number of sulfone groups is 1. The maximum Gasteiger partial charge on any atom is 0.193 e. The standard InChI is InChI=1S/C20H27N3O2S/c1-4-18(16-26(24,25)19-13-9-6-10-14-19)22-20(21-2)23(3)15-17-11-7-5-8-12-17/h5-14,18H,4,15-16H2,1-3H3,(H,21,22). The van der Waals surface area contributed by atoms with Crippen LogP contribution in [-0.4, -0.2) is 45.2 Å². The summed E-state index contributed by atoms with van der Waals surface area (Å²) in [5.41, 5.74) is 1.17. The van der Waals surface area contributed by atoms with E-state index in [0.29, 0.717) is 23.8 Å². The summed E-state index contributed by atoms with van der Waals surface area (Å²) in [5.74, 6) is 0.718. The average molecular weight is 374 g/mol. The van der Waals surface area contributed by atoms with Gasteiger partial charge < -0.3 is 10.2 Å². The van der Waals surface area contributed by atoms with Crippen molar-refractivity contribution in [1.29, 1.82) is 0 Å². The molecular weight excluding hydrogens is 346 g/mol. The Hall–Kier alpha value is -2.34. The van der Waals surface area contributed by atoms with Crippen molar-refractivity contribution >= 4 is 15.8 Å². The largest absolute Gasteiger partial charge is 0.352 e. The molecule has 0 radical (unpaired) electrons. The van der Waals surface area contributed by atoms with Crippen molar-refractivity contribution in [3.05, 3.63) is 66.2 Å². The van der Waals surface area contributed by atoms with Gasteiger partial charge in [-0.15, -0.1) is 0 Å². The molecule has 0 aliphatic rings. The fourth-order valence-corrected chi connectivity index (χ4v) is 4.32. The van der Waals surface area contributed by atoms with Crippen LogP contribution in [0.15, 0.2) is 70.6 Å². The topological polar surface area (TPSA) is 61.8 Å². The number of hydrogen-bond donors (Lipinski definition) is 1. The van der Waals surface area contributed by atoms with Gasteiger partial charge in [0.05, 0.1) is 10.6 Å². The van der Waals surface area contributed by atoms with Crippen LogP contribution in [0.3, 0.4) is 0 Å². The Morgan fingerprint density at radius 2 is 1.65 bits per heavy atom. The first-order chi connectivity index (χ1) is 12.5. The van der Waals surface area contributed by atoms with Crippen LogP contribution < -0.4 is 5.32 Å².